The van der Waals surface area contributed by atoms with E-state index in [1.54, 1.807) is 7.11 Å². The van der Waals surface area contributed by atoms with E-state index in [9.17, 15) is 4.79 Å². The second-order valence-corrected chi connectivity index (χ2v) is 5.54. The van der Waals surface area contributed by atoms with E-state index in [4.69, 9.17) is 4.74 Å². The molecule has 98 valence electrons. The molecule has 1 aliphatic rings. The van der Waals surface area contributed by atoms with Gasteiger partial charge < -0.3 is 9.30 Å². The van der Waals surface area contributed by atoms with Crippen LogP contribution in [0.2, 0.25) is 0 Å². The third-order valence-corrected chi connectivity index (χ3v) is 4.35. The molecule has 3 rings (SSSR count). The van der Waals surface area contributed by atoms with Crippen molar-refractivity contribution in [3.63, 3.8) is 0 Å². The first-order chi connectivity index (χ1) is 9.29. The van der Waals surface area contributed by atoms with Gasteiger partial charge in [0.25, 0.3) is 5.56 Å². The molecule has 0 unspecified atom stereocenters. The minimum atomic E-state index is -0.0346. The predicted octanol–water partition coefficient (Wildman–Crippen LogP) is 2.65. The van der Waals surface area contributed by atoms with Gasteiger partial charge in [0.05, 0.1) is 13.7 Å². The highest BCUT2D eigenvalue weighted by atomic mass is 32.2. The van der Waals surface area contributed by atoms with Crippen LogP contribution in [0.1, 0.15) is 16.8 Å². The van der Waals surface area contributed by atoms with Crippen molar-refractivity contribution in [1.82, 2.24) is 4.57 Å². The molecular formula is C15H15NO2S. The van der Waals surface area contributed by atoms with E-state index in [0.29, 0.717) is 12.3 Å². The molecule has 3 nitrogen and oxygen atoms in total. The monoisotopic (exact) mass is 273 g/mol. The first-order valence-electron chi connectivity index (χ1n) is 6.21. The summed E-state index contributed by atoms with van der Waals surface area (Å²) < 4.78 is 7.06. The lowest BCUT2D eigenvalue weighted by atomic mass is 10.2. The molecule has 0 aliphatic carbocycles. The van der Waals surface area contributed by atoms with E-state index in [2.05, 4.69) is 0 Å². The van der Waals surface area contributed by atoms with E-state index in [-0.39, 0.29) is 5.56 Å². The van der Waals surface area contributed by atoms with Crippen LogP contribution in [0.3, 0.4) is 0 Å². The maximum Gasteiger partial charge on any atom is 0.293 e. The molecule has 0 atom stereocenters. The SMILES string of the molecule is COc1cc2c(n(Cc3ccccc3)c1=O)CSC2. The second-order valence-electron chi connectivity index (χ2n) is 4.55. The fourth-order valence-electron chi connectivity index (χ4n) is 2.36. The van der Waals surface area contributed by atoms with Crippen LogP contribution in [-0.2, 0) is 18.1 Å². The average molecular weight is 273 g/mol. The molecule has 19 heavy (non-hydrogen) atoms. The van der Waals surface area contributed by atoms with Gasteiger partial charge in [0.1, 0.15) is 0 Å². The molecule has 0 N–H and O–H groups in total. The maximum absolute atomic E-state index is 12.4. The van der Waals surface area contributed by atoms with E-state index in [1.165, 1.54) is 5.56 Å². The van der Waals surface area contributed by atoms with Crippen LogP contribution in [0, 0.1) is 0 Å². The molecule has 0 saturated heterocycles. The molecule has 1 aromatic carbocycles. The molecule has 0 bridgehead atoms. The summed E-state index contributed by atoms with van der Waals surface area (Å²) in [7, 11) is 1.55. The summed E-state index contributed by atoms with van der Waals surface area (Å²) >= 11 is 1.84. The Morgan fingerprint density at radius 3 is 2.79 bits per heavy atom. The highest BCUT2D eigenvalue weighted by molar-refractivity contribution is 7.98. The van der Waals surface area contributed by atoms with E-state index in [0.717, 1.165) is 22.8 Å². The Kier molecular flexibility index (Phi) is 3.34. The van der Waals surface area contributed by atoms with Crippen LogP contribution in [0.4, 0.5) is 0 Å². The van der Waals surface area contributed by atoms with Gasteiger partial charge >= 0.3 is 0 Å². The quantitative estimate of drug-likeness (QED) is 0.861. The molecule has 0 fully saturated rings. The van der Waals surface area contributed by atoms with Gasteiger partial charge in [-0.25, -0.2) is 0 Å². The topological polar surface area (TPSA) is 31.2 Å². The van der Waals surface area contributed by atoms with E-state index < -0.39 is 0 Å². The molecule has 1 aliphatic heterocycles. The number of methoxy groups -OCH3 is 1. The van der Waals surface area contributed by atoms with Crippen molar-refractivity contribution in [1.29, 1.82) is 0 Å². The van der Waals surface area contributed by atoms with Crippen molar-refractivity contribution in [3.8, 4) is 5.75 Å². The summed E-state index contributed by atoms with van der Waals surface area (Å²) in [6.07, 6.45) is 0. The first kappa shape index (κ1) is 12.4. The van der Waals surface area contributed by atoms with Gasteiger partial charge in [-0.15, -0.1) is 0 Å². The molecule has 1 aromatic heterocycles. The third kappa shape index (κ3) is 2.28. The lowest BCUT2D eigenvalue weighted by molar-refractivity contribution is 0.402. The van der Waals surface area contributed by atoms with Crippen LogP contribution in [-0.4, -0.2) is 11.7 Å². The molecule has 0 amide bonds. The number of hydrogen-bond acceptors (Lipinski definition) is 3. The summed E-state index contributed by atoms with van der Waals surface area (Å²) in [6.45, 7) is 0.611. The van der Waals surface area contributed by atoms with Crippen molar-refractivity contribution in [2.24, 2.45) is 0 Å². The second kappa shape index (κ2) is 5.13. The zero-order chi connectivity index (χ0) is 13.2. The molecule has 0 radical (unpaired) electrons. The highest BCUT2D eigenvalue weighted by Gasteiger charge is 2.19. The predicted molar refractivity (Wildman–Crippen MR) is 77.8 cm³/mol. The summed E-state index contributed by atoms with van der Waals surface area (Å²) in [5.41, 5.74) is 3.46. The minimum absolute atomic E-state index is 0.0346. The molecular weight excluding hydrogens is 258 g/mol. The van der Waals surface area contributed by atoms with Crippen LogP contribution in [0.5, 0.6) is 5.75 Å². The smallest absolute Gasteiger partial charge is 0.293 e. The summed E-state index contributed by atoms with van der Waals surface area (Å²) in [6, 6.07) is 11.9. The van der Waals surface area contributed by atoms with Crippen molar-refractivity contribution >= 4 is 11.8 Å². The van der Waals surface area contributed by atoms with Crippen LogP contribution >= 0.6 is 11.8 Å². The number of ether oxygens (including phenoxy) is 1. The Bertz CT molecular complexity index is 649. The lowest BCUT2D eigenvalue weighted by Crippen LogP contribution is -2.25. The number of pyridine rings is 1. The van der Waals surface area contributed by atoms with Gasteiger partial charge in [-0.05, 0) is 17.2 Å². The largest absolute Gasteiger partial charge is 0.491 e. The van der Waals surface area contributed by atoms with Gasteiger partial charge in [-0.3, -0.25) is 4.79 Å². The van der Waals surface area contributed by atoms with Gasteiger partial charge in [0.2, 0.25) is 0 Å². The fourth-order valence-corrected chi connectivity index (χ4v) is 3.47. The number of aromatic nitrogens is 1. The van der Waals surface area contributed by atoms with Crippen LogP contribution in [0.25, 0.3) is 0 Å². The maximum atomic E-state index is 12.4. The number of nitrogens with zero attached hydrogens (tertiary/aromatic N) is 1. The number of fused-ring (bicyclic) bond motifs is 1. The lowest BCUT2D eigenvalue weighted by Gasteiger charge is -2.13. The Hall–Kier alpha value is -1.68. The van der Waals surface area contributed by atoms with Crippen LogP contribution in [0.15, 0.2) is 41.2 Å². The van der Waals surface area contributed by atoms with E-state index >= 15 is 0 Å². The van der Waals surface area contributed by atoms with Gasteiger partial charge in [-0.2, -0.15) is 11.8 Å². The minimum Gasteiger partial charge on any atom is -0.491 e. The summed E-state index contributed by atoms with van der Waals surface area (Å²) in [4.78, 5) is 12.4. The number of thioether (sulfide) groups is 1. The van der Waals surface area contributed by atoms with Crippen molar-refractivity contribution in [2.45, 2.75) is 18.1 Å². The van der Waals surface area contributed by atoms with E-state index in [1.807, 2.05) is 52.7 Å². The Balaban J connectivity index is 2.10. The molecule has 2 heterocycles. The molecule has 0 spiro atoms. The standard InChI is InChI=1S/C15H15NO2S/c1-18-14-7-12-9-19-10-13(12)16(15(14)17)8-11-5-3-2-4-6-11/h2-7H,8-10H2,1H3. The van der Waals surface area contributed by atoms with Crippen molar-refractivity contribution in [2.75, 3.05) is 7.11 Å². The van der Waals surface area contributed by atoms with Crippen molar-refractivity contribution < 1.29 is 4.74 Å². The van der Waals surface area contributed by atoms with Gasteiger partial charge in [-0.1, -0.05) is 30.3 Å². The van der Waals surface area contributed by atoms with Gasteiger partial charge in [0, 0.05) is 17.2 Å². The number of benzene rings is 1. The zero-order valence-corrected chi connectivity index (χ0v) is 11.6. The Labute approximate surface area is 116 Å². The summed E-state index contributed by atoms with van der Waals surface area (Å²) in [5.74, 6) is 2.31. The normalized spacial score (nSPS) is 13.3. The third-order valence-electron chi connectivity index (χ3n) is 3.36. The average Bonchev–Trinajstić information content (AvgIpc) is 2.91. The fraction of sp³-hybridized carbons (Fsp3) is 0.267. The molecule has 4 heteroatoms. The zero-order valence-electron chi connectivity index (χ0n) is 10.8. The number of rotatable bonds is 3. The van der Waals surface area contributed by atoms with Gasteiger partial charge in [0.15, 0.2) is 5.75 Å². The van der Waals surface area contributed by atoms with Crippen LogP contribution < -0.4 is 10.3 Å². The van der Waals surface area contributed by atoms with Crippen molar-refractivity contribution in [3.05, 3.63) is 63.6 Å². The molecule has 0 saturated carbocycles. The Morgan fingerprint density at radius 2 is 2.05 bits per heavy atom. The number of hydrogen-bond donors (Lipinski definition) is 0. The highest BCUT2D eigenvalue weighted by Crippen LogP contribution is 2.30. The Morgan fingerprint density at radius 1 is 1.26 bits per heavy atom. The summed E-state index contributed by atoms with van der Waals surface area (Å²) in [5, 5.41) is 0. The first-order valence-corrected chi connectivity index (χ1v) is 7.36. The molecule has 2 aromatic rings.